The molecule has 0 aromatic heterocycles. The standard InChI is InChI=1S/C12H13ClN2O5/c1-6(2)10(12(17)18)14-11(16)8-5-7(15(19)20)3-4-9(8)13/h3-6,10H,1-2H3,(H,14,16)(H,17,18)/t10-/m0/s1. The lowest BCUT2D eigenvalue weighted by Gasteiger charge is -2.18. The highest BCUT2D eigenvalue weighted by Crippen LogP contribution is 2.22. The molecule has 1 rings (SSSR count). The predicted molar refractivity (Wildman–Crippen MR) is 71.8 cm³/mol. The number of carbonyl (C=O) groups is 2. The molecule has 0 aliphatic carbocycles. The Balaban J connectivity index is 3.05. The lowest BCUT2D eigenvalue weighted by Crippen LogP contribution is -2.44. The van der Waals surface area contributed by atoms with Gasteiger partial charge in [-0.1, -0.05) is 25.4 Å². The number of carboxylic acids is 1. The number of carbonyl (C=O) groups excluding carboxylic acids is 1. The first-order valence-corrected chi connectivity index (χ1v) is 6.09. The normalized spacial score (nSPS) is 12.0. The molecule has 108 valence electrons. The van der Waals surface area contributed by atoms with E-state index >= 15 is 0 Å². The summed E-state index contributed by atoms with van der Waals surface area (Å²) in [6, 6.07) is 2.30. The van der Waals surface area contributed by atoms with E-state index in [2.05, 4.69) is 5.32 Å². The fourth-order valence-corrected chi connectivity index (χ4v) is 1.74. The van der Waals surface area contributed by atoms with Gasteiger partial charge in [0.1, 0.15) is 6.04 Å². The number of nitro groups is 1. The molecule has 0 saturated carbocycles. The first-order valence-electron chi connectivity index (χ1n) is 5.71. The maximum absolute atomic E-state index is 12.0. The molecule has 1 atom stereocenters. The third kappa shape index (κ3) is 3.67. The Morgan fingerprint density at radius 3 is 2.45 bits per heavy atom. The second-order valence-corrected chi connectivity index (χ2v) is 4.86. The van der Waals surface area contributed by atoms with Crippen LogP contribution in [0.4, 0.5) is 5.69 Å². The van der Waals surface area contributed by atoms with Crippen molar-refractivity contribution >= 4 is 29.2 Å². The molecule has 20 heavy (non-hydrogen) atoms. The molecule has 0 aliphatic rings. The zero-order valence-electron chi connectivity index (χ0n) is 10.8. The van der Waals surface area contributed by atoms with Crippen molar-refractivity contribution in [1.82, 2.24) is 5.32 Å². The number of halogens is 1. The van der Waals surface area contributed by atoms with Gasteiger partial charge in [-0.15, -0.1) is 0 Å². The largest absolute Gasteiger partial charge is 0.480 e. The summed E-state index contributed by atoms with van der Waals surface area (Å²) in [5, 5.41) is 22.0. The number of aliphatic carboxylic acids is 1. The van der Waals surface area contributed by atoms with Crippen LogP contribution in [0, 0.1) is 16.0 Å². The van der Waals surface area contributed by atoms with E-state index in [-0.39, 0.29) is 22.2 Å². The minimum Gasteiger partial charge on any atom is -0.480 e. The monoisotopic (exact) mass is 300 g/mol. The number of carboxylic acid groups (broad SMARTS) is 1. The number of hydrogen-bond donors (Lipinski definition) is 2. The number of non-ortho nitro benzene ring substituents is 1. The molecule has 0 fully saturated rings. The van der Waals surface area contributed by atoms with Crippen LogP contribution in [0.3, 0.4) is 0 Å². The number of rotatable bonds is 5. The zero-order chi connectivity index (χ0) is 15.4. The SMILES string of the molecule is CC(C)[C@H](NC(=O)c1cc([N+](=O)[O-])ccc1Cl)C(=O)O. The summed E-state index contributed by atoms with van der Waals surface area (Å²) in [5.41, 5.74) is -0.427. The molecule has 0 unspecified atom stereocenters. The average molecular weight is 301 g/mol. The summed E-state index contributed by atoms with van der Waals surface area (Å²) in [7, 11) is 0. The highest BCUT2D eigenvalue weighted by molar-refractivity contribution is 6.34. The molecular formula is C12H13ClN2O5. The van der Waals surface area contributed by atoms with Crippen LogP contribution in [-0.2, 0) is 4.79 Å². The van der Waals surface area contributed by atoms with E-state index < -0.39 is 22.8 Å². The van der Waals surface area contributed by atoms with Crippen LogP contribution in [0.5, 0.6) is 0 Å². The highest BCUT2D eigenvalue weighted by Gasteiger charge is 2.25. The van der Waals surface area contributed by atoms with Crippen molar-refractivity contribution in [3.05, 3.63) is 38.9 Å². The first-order chi connectivity index (χ1) is 9.23. The predicted octanol–water partition coefficient (Wildman–Crippen LogP) is 2.09. The van der Waals surface area contributed by atoms with Crippen molar-refractivity contribution in [3.8, 4) is 0 Å². The maximum Gasteiger partial charge on any atom is 0.326 e. The molecule has 1 aromatic rings. The molecular weight excluding hydrogens is 288 g/mol. The molecule has 1 aromatic carbocycles. The quantitative estimate of drug-likeness (QED) is 0.639. The topological polar surface area (TPSA) is 110 Å². The summed E-state index contributed by atoms with van der Waals surface area (Å²) in [6.45, 7) is 3.27. The minimum absolute atomic E-state index is 0.0148. The summed E-state index contributed by atoms with van der Waals surface area (Å²) in [6.07, 6.45) is 0. The Kier molecular flexibility index (Phi) is 5.04. The molecule has 0 saturated heterocycles. The second-order valence-electron chi connectivity index (χ2n) is 4.45. The van der Waals surface area contributed by atoms with Gasteiger partial charge in [-0.2, -0.15) is 0 Å². The first kappa shape index (κ1) is 15.9. The number of hydrogen-bond acceptors (Lipinski definition) is 4. The van der Waals surface area contributed by atoms with Crippen molar-refractivity contribution in [2.75, 3.05) is 0 Å². The van der Waals surface area contributed by atoms with Gasteiger partial charge in [0.2, 0.25) is 0 Å². The van der Waals surface area contributed by atoms with Gasteiger partial charge in [0.05, 0.1) is 15.5 Å². The van der Waals surface area contributed by atoms with Crippen LogP contribution in [-0.4, -0.2) is 27.9 Å². The lowest BCUT2D eigenvalue weighted by atomic mass is 10.0. The van der Waals surface area contributed by atoms with E-state index in [0.29, 0.717) is 0 Å². The summed E-state index contributed by atoms with van der Waals surface area (Å²) in [4.78, 5) is 33.0. The highest BCUT2D eigenvalue weighted by atomic mass is 35.5. The Morgan fingerprint density at radius 1 is 1.40 bits per heavy atom. The summed E-state index contributed by atoms with van der Waals surface area (Å²) >= 11 is 5.81. The number of benzene rings is 1. The second kappa shape index (κ2) is 6.33. The van der Waals surface area contributed by atoms with Gasteiger partial charge in [0.25, 0.3) is 11.6 Å². The lowest BCUT2D eigenvalue weighted by molar-refractivity contribution is -0.384. The van der Waals surface area contributed by atoms with E-state index in [9.17, 15) is 19.7 Å². The maximum atomic E-state index is 12.0. The van der Waals surface area contributed by atoms with Crippen LogP contribution in [0.25, 0.3) is 0 Å². The van der Waals surface area contributed by atoms with Crippen LogP contribution in [0.15, 0.2) is 18.2 Å². The fraction of sp³-hybridized carbons (Fsp3) is 0.333. The van der Waals surface area contributed by atoms with Gasteiger partial charge in [-0.3, -0.25) is 14.9 Å². The number of nitrogens with one attached hydrogen (secondary N) is 1. The zero-order valence-corrected chi connectivity index (χ0v) is 11.5. The van der Waals surface area contributed by atoms with Crippen molar-refractivity contribution in [3.63, 3.8) is 0 Å². The summed E-state index contributed by atoms with van der Waals surface area (Å²) < 4.78 is 0. The van der Waals surface area contributed by atoms with E-state index in [1.807, 2.05) is 0 Å². The smallest absolute Gasteiger partial charge is 0.326 e. The van der Waals surface area contributed by atoms with Crippen molar-refractivity contribution in [1.29, 1.82) is 0 Å². The molecule has 0 aliphatic heterocycles. The Hall–Kier alpha value is -2.15. The van der Waals surface area contributed by atoms with Crippen molar-refractivity contribution < 1.29 is 19.6 Å². The Morgan fingerprint density at radius 2 is 2.00 bits per heavy atom. The van der Waals surface area contributed by atoms with Gasteiger partial charge in [-0.25, -0.2) is 4.79 Å². The van der Waals surface area contributed by atoms with Crippen LogP contribution in [0.2, 0.25) is 5.02 Å². The van der Waals surface area contributed by atoms with E-state index in [0.717, 1.165) is 12.1 Å². The Bertz CT molecular complexity index is 559. The van der Waals surface area contributed by atoms with Crippen LogP contribution >= 0.6 is 11.6 Å². The van der Waals surface area contributed by atoms with Gasteiger partial charge in [0, 0.05) is 12.1 Å². The number of nitrogens with zero attached hydrogens (tertiary/aromatic N) is 1. The van der Waals surface area contributed by atoms with Gasteiger partial charge >= 0.3 is 5.97 Å². The fourth-order valence-electron chi connectivity index (χ4n) is 1.53. The van der Waals surface area contributed by atoms with Crippen molar-refractivity contribution in [2.45, 2.75) is 19.9 Å². The minimum atomic E-state index is -1.19. The average Bonchev–Trinajstić information content (AvgIpc) is 2.34. The van der Waals surface area contributed by atoms with Gasteiger partial charge in [-0.05, 0) is 12.0 Å². The van der Waals surface area contributed by atoms with Crippen molar-refractivity contribution in [2.24, 2.45) is 5.92 Å². The van der Waals surface area contributed by atoms with E-state index in [1.54, 1.807) is 13.8 Å². The molecule has 8 heteroatoms. The molecule has 0 heterocycles. The number of nitro benzene ring substituents is 1. The molecule has 0 bridgehead atoms. The molecule has 0 spiro atoms. The summed E-state index contributed by atoms with van der Waals surface area (Å²) in [5.74, 6) is -2.29. The Labute approximate surface area is 119 Å². The van der Waals surface area contributed by atoms with Crippen LogP contribution in [0.1, 0.15) is 24.2 Å². The number of amides is 1. The third-order valence-corrected chi connectivity index (χ3v) is 2.95. The van der Waals surface area contributed by atoms with Gasteiger partial charge < -0.3 is 10.4 Å². The molecule has 0 radical (unpaired) electrons. The third-order valence-electron chi connectivity index (χ3n) is 2.62. The molecule has 1 amide bonds. The van der Waals surface area contributed by atoms with Crippen LogP contribution < -0.4 is 5.32 Å². The van der Waals surface area contributed by atoms with E-state index in [4.69, 9.17) is 16.7 Å². The van der Waals surface area contributed by atoms with Gasteiger partial charge in [0.15, 0.2) is 0 Å². The van der Waals surface area contributed by atoms with E-state index in [1.165, 1.54) is 6.07 Å². The molecule has 2 N–H and O–H groups in total. The molecule has 7 nitrogen and oxygen atoms in total.